The number of carbonyl (C=O) groups is 1. The number of aliphatic hydroxyl groups excluding tert-OH is 1. The molecular weight excluding hydrogens is 174 g/mol. The number of nitrogens with zero attached hydrogens (tertiary/aromatic N) is 1. The molecule has 0 aliphatic heterocycles. The van der Waals surface area contributed by atoms with Crippen LogP contribution >= 0.6 is 0 Å². The molecule has 6 N–H and O–H groups in total. The molecule has 0 aromatic carbocycles. The van der Waals surface area contributed by atoms with Gasteiger partial charge in [0.2, 0.25) is 0 Å². The van der Waals surface area contributed by atoms with Crippen molar-refractivity contribution in [3.8, 4) is 0 Å². The average molecular weight is 189 g/mol. The van der Waals surface area contributed by atoms with Gasteiger partial charge in [-0.3, -0.25) is 4.99 Å². The van der Waals surface area contributed by atoms with Crippen LogP contribution in [0.4, 0.5) is 0 Å². The highest BCUT2D eigenvalue weighted by atomic mass is 16.4. The van der Waals surface area contributed by atoms with Gasteiger partial charge in [0.05, 0.1) is 0 Å². The van der Waals surface area contributed by atoms with Crippen LogP contribution in [0.2, 0.25) is 0 Å². The number of guanidine groups is 1. The number of carboxylic acid groups (broad SMARTS) is 1. The van der Waals surface area contributed by atoms with Gasteiger partial charge in [-0.15, -0.1) is 0 Å². The highest BCUT2D eigenvalue weighted by Gasteiger charge is 1.79. The first-order valence-corrected chi connectivity index (χ1v) is 3.56. The van der Waals surface area contributed by atoms with Crippen LogP contribution in [0.3, 0.4) is 0 Å². The van der Waals surface area contributed by atoms with Crippen LogP contribution in [0.1, 0.15) is 6.42 Å². The number of aliphatic imine (C=N–C) groups is 1. The lowest BCUT2D eigenvalue weighted by Gasteiger charge is -1.89. The summed E-state index contributed by atoms with van der Waals surface area (Å²) in [6, 6.07) is 0. The minimum absolute atomic E-state index is 0.0819. The van der Waals surface area contributed by atoms with E-state index in [1.54, 1.807) is 0 Å². The normalized spacial score (nSPS) is 7.77. The first-order valence-electron chi connectivity index (χ1n) is 3.56. The second-order valence-corrected chi connectivity index (χ2v) is 1.93. The van der Waals surface area contributed by atoms with Crippen LogP contribution in [0.25, 0.3) is 0 Å². The Kier molecular flexibility index (Phi) is 11.2. The Morgan fingerprint density at radius 2 is 2.00 bits per heavy atom. The predicted octanol–water partition coefficient (Wildman–Crippen LogP) is -1.10. The Labute approximate surface area is 76.6 Å². The first kappa shape index (κ1) is 14.0. The van der Waals surface area contributed by atoms with E-state index in [9.17, 15) is 4.79 Å². The summed E-state index contributed by atoms with van der Waals surface area (Å²) in [5.74, 6) is -0.900. The molecule has 0 amide bonds. The molecule has 0 aromatic heterocycles. The van der Waals surface area contributed by atoms with E-state index in [4.69, 9.17) is 21.7 Å². The molecule has 0 unspecified atom stereocenters. The molecule has 13 heavy (non-hydrogen) atoms. The van der Waals surface area contributed by atoms with Crippen LogP contribution in [-0.4, -0.2) is 35.3 Å². The highest BCUT2D eigenvalue weighted by Crippen LogP contribution is 1.75. The van der Waals surface area contributed by atoms with E-state index in [0.717, 1.165) is 6.08 Å². The van der Waals surface area contributed by atoms with Gasteiger partial charge < -0.3 is 21.7 Å². The zero-order valence-corrected chi connectivity index (χ0v) is 7.31. The Balaban J connectivity index is 0. The SMILES string of the molecule is C=CC(=O)O.NC(N)=NCCCO. The zero-order valence-electron chi connectivity index (χ0n) is 7.31. The van der Waals surface area contributed by atoms with Gasteiger partial charge in [0.25, 0.3) is 0 Å². The van der Waals surface area contributed by atoms with E-state index >= 15 is 0 Å². The summed E-state index contributed by atoms with van der Waals surface area (Å²) in [7, 11) is 0. The van der Waals surface area contributed by atoms with Gasteiger partial charge >= 0.3 is 5.97 Å². The third-order valence-electron chi connectivity index (χ3n) is 0.785. The van der Waals surface area contributed by atoms with E-state index in [1.165, 1.54) is 0 Å². The fraction of sp³-hybridized carbons (Fsp3) is 0.429. The second kappa shape index (κ2) is 10.4. The first-order chi connectivity index (χ1) is 6.04. The number of aliphatic hydroxyl groups is 1. The zero-order chi connectivity index (χ0) is 10.7. The van der Waals surface area contributed by atoms with E-state index < -0.39 is 5.97 Å². The van der Waals surface area contributed by atoms with Crippen molar-refractivity contribution >= 4 is 11.9 Å². The number of carboxylic acids is 1. The Bertz CT molecular complexity index is 176. The molecule has 0 fully saturated rings. The lowest BCUT2D eigenvalue weighted by molar-refractivity contribution is -0.131. The number of hydrogen-bond acceptors (Lipinski definition) is 3. The van der Waals surface area contributed by atoms with Crippen molar-refractivity contribution < 1.29 is 15.0 Å². The maximum Gasteiger partial charge on any atom is 0.327 e. The van der Waals surface area contributed by atoms with E-state index in [2.05, 4.69) is 11.6 Å². The van der Waals surface area contributed by atoms with Gasteiger partial charge in [-0.05, 0) is 6.42 Å². The molecule has 0 saturated carbocycles. The average Bonchev–Trinajstić information content (AvgIpc) is 2.05. The Morgan fingerprint density at radius 3 is 2.23 bits per heavy atom. The molecule has 76 valence electrons. The summed E-state index contributed by atoms with van der Waals surface area (Å²) >= 11 is 0. The van der Waals surface area contributed by atoms with Crippen LogP contribution < -0.4 is 11.5 Å². The van der Waals surface area contributed by atoms with Crippen molar-refractivity contribution in [3.63, 3.8) is 0 Å². The molecule has 6 heteroatoms. The van der Waals surface area contributed by atoms with Crippen LogP contribution in [0, 0.1) is 0 Å². The second-order valence-electron chi connectivity index (χ2n) is 1.93. The largest absolute Gasteiger partial charge is 0.478 e. The summed E-state index contributed by atoms with van der Waals surface area (Å²) < 4.78 is 0. The van der Waals surface area contributed by atoms with Gasteiger partial charge in [-0.2, -0.15) is 0 Å². The minimum Gasteiger partial charge on any atom is -0.478 e. The fourth-order valence-corrected chi connectivity index (χ4v) is 0.279. The maximum absolute atomic E-state index is 9.25. The van der Waals surface area contributed by atoms with Crippen molar-refractivity contribution in [2.75, 3.05) is 13.2 Å². The monoisotopic (exact) mass is 189 g/mol. The summed E-state index contributed by atoms with van der Waals surface area (Å²) in [6.45, 7) is 3.61. The Hall–Kier alpha value is -1.56. The predicted molar refractivity (Wildman–Crippen MR) is 50.2 cm³/mol. The maximum atomic E-state index is 9.25. The molecule has 0 aliphatic carbocycles. The smallest absolute Gasteiger partial charge is 0.327 e. The van der Waals surface area contributed by atoms with Gasteiger partial charge in [0.15, 0.2) is 5.96 Å². The van der Waals surface area contributed by atoms with E-state index in [0.29, 0.717) is 13.0 Å². The quantitative estimate of drug-likeness (QED) is 0.193. The van der Waals surface area contributed by atoms with Crippen molar-refractivity contribution in [2.45, 2.75) is 6.42 Å². The fourth-order valence-electron chi connectivity index (χ4n) is 0.279. The third kappa shape index (κ3) is 25.1. The number of hydrogen-bond donors (Lipinski definition) is 4. The molecule has 0 bridgehead atoms. The number of aliphatic carboxylic acids is 1. The molecule has 0 aliphatic rings. The number of rotatable bonds is 4. The van der Waals surface area contributed by atoms with Gasteiger partial charge in [-0.1, -0.05) is 6.58 Å². The van der Waals surface area contributed by atoms with Crippen molar-refractivity contribution in [1.29, 1.82) is 0 Å². The molecular formula is C7H15N3O3. The minimum atomic E-state index is -0.981. The topological polar surface area (TPSA) is 122 Å². The summed E-state index contributed by atoms with van der Waals surface area (Å²) in [5.41, 5.74) is 9.96. The van der Waals surface area contributed by atoms with Crippen LogP contribution in [-0.2, 0) is 4.79 Å². The van der Waals surface area contributed by atoms with E-state index in [1.807, 2.05) is 0 Å². The van der Waals surface area contributed by atoms with Crippen molar-refractivity contribution in [2.24, 2.45) is 16.5 Å². The molecule has 0 atom stereocenters. The molecule has 0 saturated heterocycles. The molecule has 0 heterocycles. The Morgan fingerprint density at radius 1 is 1.54 bits per heavy atom. The molecule has 6 nitrogen and oxygen atoms in total. The van der Waals surface area contributed by atoms with E-state index in [-0.39, 0.29) is 12.6 Å². The van der Waals surface area contributed by atoms with Gasteiger partial charge in [0.1, 0.15) is 0 Å². The highest BCUT2D eigenvalue weighted by molar-refractivity contribution is 5.78. The standard InChI is InChI=1S/C4H11N3O.C3H4O2/c5-4(6)7-2-1-3-8;1-2-3(4)5/h8H,1-3H2,(H4,5,6,7);2H,1H2,(H,4,5). The summed E-state index contributed by atoms with van der Waals surface area (Å²) in [5, 5.41) is 15.8. The molecule has 0 radical (unpaired) electrons. The summed E-state index contributed by atoms with van der Waals surface area (Å²) in [4.78, 5) is 12.9. The van der Waals surface area contributed by atoms with Crippen LogP contribution in [0.15, 0.2) is 17.6 Å². The lowest BCUT2D eigenvalue weighted by Crippen LogP contribution is -2.23. The molecule has 0 aromatic rings. The van der Waals surface area contributed by atoms with Crippen LogP contribution in [0.5, 0.6) is 0 Å². The van der Waals surface area contributed by atoms with Gasteiger partial charge in [0, 0.05) is 19.2 Å². The molecule has 0 spiro atoms. The lowest BCUT2D eigenvalue weighted by atomic mass is 10.5. The number of nitrogens with two attached hydrogens (primary N) is 2. The van der Waals surface area contributed by atoms with Crippen molar-refractivity contribution in [3.05, 3.63) is 12.7 Å². The molecule has 0 rings (SSSR count). The third-order valence-corrected chi connectivity index (χ3v) is 0.785. The van der Waals surface area contributed by atoms with Gasteiger partial charge in [-0.25, -0.2) is 4.79 Å². The van der Waals surface area contributed by atoms with Crippen molar-refractivity contribution in [1.82, 2.24) is 0 Å². The summed E-state index contributed by atoms with van der Waals surface area (Å²) in [6.07, 6.45) is 1.46.